The SMILES string of the molecule is CS(=O)(=O)CCS(=O)(=O)CC(=O)Nc1ccc(F)cc1N. The molecule has 7 nitrogen and oxygen atoms in total. The highest BCUT2D eigenvalue weighted by Crippen LogP contribution is 2.18. The van der Waals surface area contributed by atoms with E-state index < -0.39 is 48.7 Å². The molecule has 0 unspecified atom stereocenters. The van der Waals surface area contributed by atoms with Crippen LogP contribution in [0.4, 0.5) is 15.8 Å². The van der Waals surface area contributed by atoms with Gasteiger partial charge in [-0.25, -0.2) is 21.2 Å². The summed E-state index contributed by atoms with van der Waals surface area (Å²) in [6.07, 6.45) is 0.905. The number of nitrogens with one attached hydrogen (secondary N) is 1. The van der Waals surface area contributed by atoms with Crippen molar-refractivity contribution >= 4 is 37.0 Å². The Morgan fingerprint density at radius 1 is 1.24 bits per heavy atom. The number of rotatable bonds is 6. The van der Waals surface area contributed by atoms with Crippen molar-refractivity contribution in [2.45, 2.75) is 0 Å². The molecule has 0 spiro atoms. The number of carbonyl (C=O) groups excluding carboxylic acids is 1. The minimum atomic E-state index is -3.86. The Bertz CT molecular complexity index is 744. The molecule has 0 aliphatic rings. The van der Waals surface area contributed by atoms with E-state index in [1.165, 1.54) is 6.07 Å². The van der Waals surface area contributed by atoms with Crippen LogP contribution in [0.2, 0.25) is 0 Å². The van der Waals surface area contributed by atoms with Crippen LogP contribution in [0.1, 0.15) is 0 Å². The first-order chi connectivity index (χ1) is 9.48. The summed E-state index contributed by atoms with van der Waals surface area (Å²) in [6.45, 7) is 0. The predicted octanol–water partition coefficient (Wildman–Crippen LogP) is -0.194. The van der Waals surface area contributed by atoms with E-state index in [1.807, 2.05) is 0 Å². The fraction of sp³-hybridized carbons (Fsp3) is 0.364. The van der Waals surface area contributed by atoms with Gasteiger partial charge in [-0.3, -0.25) is 4.79 Å². The molecule has 0 saturated carbocycles. The van der Waals surface area contributed by atoms with Gasteiger partial charge in [-0.15, -0.1) is 0 Å². The Labute approximate surface area is 122 Å². The first-order valence-corrected chi connectivity index (χ1v) is 9.60. The smallest absolute Gasteiger partial charge is 0.239 e. The number of carbonyl (C=O) groups is 1. The molecular weight excluding hydrogens is 323 g/mol. The van der Waals surface area contributed by atoms with E-state index in [0.717, 1.165) is 18.4 Å². The lowest BCUT2D eigenvalue weighted by molar-refractivity contribution is -0.113. The summed E-state index contributed by atoms with van der Waals surface area (Å²) >= 11 is 0. The van der Waals surface area contributed by atoms with Gasteiger partial charge in [0, 0.05) is 6.26 Å². The summed E-state index contributed by atoms with van der Waals surface area (Å²) in [6, 6.07) is 3.24. The van der Waals surface area contributed by atoms with Crippen molar-refractivity contribution in [2.24, 2.45) is 0 Å². The molecule has 0 bridgehead atoms. The minimum absolute atomic E-state index is 0.0446. The zero-order chi connectivity index (χ0) is 16.3. The molecule has 3 N–H and O–H groups in total. The van der Waals surface area contributed by atoms with Crippen molar-refractivity contribution in [3.63, 3.8) is 0 Å². The van der Waals surface area contributed by atoms with Gasteiger partial charge >= 0.3 is 0 Å². The summed E-state index contributed by atoms with van der Waals surface area (Å²) in [5.74, 6) is -3.54. The molecule has 0 saturated heterocycles. The van der Waals surface area contributed by atoms with Crippen LogP contribution in [0, 0.1) is 5.82 Å². The van der Waals surface area contributed by atoms with Crippen molar-refractivity contribution in [3.8, 4) is 0 Å². The quantitative estimate of drug-likeness (QED) is 0.693. The Morgan fingerprint density at radius 3 is 2.38 bits per heavy atom. The number of amides is 1. The van der Waals surface area contributed by atoms with Crippen molar-refractivity contribution in [2.75, 3.05) is 34.6 Å². The van der Waals surface area contributed by atoms with E-state index in [2.05, 4.69) is 5.32 Å². The van der Waals surface area contributed by atoms with Crippen molar-refractivity contribution in [3.05, 3.63) is 24.0 Å². The lowest BCUT2D eigenvalue weighted by Gasteiger charge is -2.08. The number of nitrogen functional groups attached to an aromatic ring is 1. The summed E-state index contributed by atoms with van der Waals surface area (Å²) in [7, 11) is -7.30. The standard InChI is InChI=1S/C11H15FN2O5S2/c1-20(16,17)4-5-21(18,19)7-11(15)14-10-3-2-8(12)6-9(10)13/h2-3,6H,4-5,7,13H2,1H3,(H,14,15). The molecule has 0 heterocycles. The van der Waals surface area contributed by atoms with Crippen LogP contribution in [0.3, 0.4) is 0 Å². The maximum Gasteiger partial charge on any atom is 0.239 e. The van der Waals surface area contributed by atoms with Crippen molar-refractivity contribution < 1.29 is 26.0 Å². The molecule has 1 aromatic rings. The molecule has 0 fully saturated rings. The molecule has 0 aromatic heterocycles. The van der Waals surface area contributed by atoms with E-state index in [0.29, 0.717) is 0 Å². The van der Waals surface area contributed by atoms with Crippen molar-refractivity contribution in [1.82, 2.24) is 0 Å². The highest BCUT2D eigenvalue weighted by molar-refractivity contribution is 7.95. The molecule has 0 atom stereocenters. The molecule has 21 heavy (non-hydrogen) atoms. The second-order valence-electron chi connectivity index (χ2n) is 4.50. The van der Waals surface area contributed by atoms with Crippen LogP contribution in [0.15, 0.2) is 18.2 Å². The molecule has 1 rings (SSSR count). The van der Waals surface area contributed by atoms with Gasteiger partial charge in [0.05, 0.1) is 22.9 Å². The maximum absolute atomic E-state index is 12.8. The first kappa shape index (κ1) is 17.4. The lowest BCUT2D eigenvalue weighted by atomic mass is 10.2. The number of anilines is 2. The van der Waals surface area contributed by atoms with Gasteiger partial charge < -0.3 is 11.1 Å². The van der Waals surface area contributed by atoms with Crippen LogP contribution in [-0.4, -0.2) is 46.3 Å². The van der Waals surface area contributed by atoms with E-state index in [-0.39, 0.29) is 11.4 Å². The van der Waals surface area contributed by atoms with Crippen LogP contribution in [0.25, 0.3) is 0 Å². The summed E-state index contributed by atoms with van der Waals surface area (Å²) in [4.78, 5) is 11.6. The van der Waals surface area contributed by atoms with Crippen LogP contribution < -0.4 is 11.1 Å². The number of sulfone groups is 2. The number of hydrogen-bond acceptors (Lipinski definition) is 6. The topological polar surface area (TPSA) is 123 Å². The zero-order valence-corrected chi connectivity index (χ0v) is 12.8. The van der Waals surface area contributed by atoms with E-state index in [9.17, 15) is 26.0 Å². The average molecular weight is 338 g/mol. The highest BCUT2D eigenvalue weighted by Gasteiger charge is 2.19. The van der Waals surface area contributed by atoms with Gasteiger partial charge in [0.15, 0.2) is 9.84 Å². The highest BCUT2D eigenvalue weighted by atomic mass is 32.2. The van der Waals surface area contributed by atoms with Crippen LogP contribution >= 0.6 is 0 Å². The number of benzene rings is 1. The molecule has 1 amide bonds. The molecular formula is C11H15FN2O5S2. The van der Waals surface area contributed by atoms with E-state index in [4.69, 9.17) is 5.73 Å². The maximum atomic E-state index is 12.8. The largest absolute Gasteiger partial charge is 0.397 e. The van der Waals surface area contributed by atoms with Gasteiger partial charge in [-0.2, -0.15) is 0 Å². The fourth-order valence-corrected chi connectivity index (χ4v) is 4.23. The van der Waals surface area contributed by atoms with E-state index >= 15 is 0 Å². The normalized spacial score (nSPS) is 12.1. The second kappa shape index (κ2) is 6.39. The van der Waals surface area contributed by atoms with Gasteiger partial charge in [-0.1, -0.05) is 0 Å². The average Bonchev–Trinajstić information content (AvgIpc) is 2.29. The molecule has 0 aliphatic heterocycles. The Hall–Kier alpha value is -1.68. The second-order valence-corrected chi connectivity index (χ2v) is 8.95. The third kappa shape index (κ3) is 6.54. The number of halogens is 1. The molecule has 1 aromatic carbocycles. The third-order valence-corrected chi connectivity index (χ3v) is 5.14. The van der Waals surface area contributed by atoms with Crippen molar-refractivity contribution in [1.29, 1.82) is 0 Å². The summed E-state index contributed by atoms with van der Waals surface area (Å²) in [5, 5.41) is 2.23. The Morgan fingerprint density at radius 2 is 1.86 bits per heavy atom. The number of nitrogens with two attached hydrogens (primary N) is 1. The fourth-order valence-electron chi connectivity index (χ4n) is 1.38. The molecule has 0 aliphatic carbocycles. The predicted molar refractivity (Wildman–Crippen MR) is 77.8 cm³/mol. The lowest BCUT2D eigenvalue weighted by Crippen LogP contribution is -2.27. The van der Waals surface area contributed by atoms with E-state index in [1.54, 1.807) is 0 Å². The van der Waals surface area contributed by atoms with Gasteiger partial charge in [0.25, 0.3) is 0 Å². The van der Waals surface area contributed by atoms with Crippen LogP contribution in [-0.2, 0) is 24.5 Å². The first-order valence-electron chi connectivity index (χ1n) is 5.71. The zero-order valence-electron chi connectivity index (χ0n) is 11.2. The van der Waals surface area contributed by atoms with Gasteiger partial charge in [0.2, 0.25) is 5.91 Å². The molecule has 10 heteroatoms. The molecule has 118 valence electrons. The third-order valence-electron chi connectivity index (χ3n) is 2.40. The summed E-state index contributed by atoms with van der Waals surface area (Å²) < 4.78 is 57.9. The van der Waals surface area contributed by atoms with Gasteiger partial charge in [0.1, 0.15) is 21.4 Å². The minimum Gasteiger partial charge on any atom is -0.397 e. The summed E-state index contributed by atoms with van der Waals surface area (Å²) in [5.41, 5.74) is 5.50. The Balaban J connectivity index is 2.68. The van der Waals surface area contributed by atoms with Gasteiger partial charge in [-0.05, 0) is 18.2 Å². The monoisotopic (exact) mass is 338 g/mol. The molecule has 0 radical (unpaired) electrons. The number of hydrogen-bond donors (Lipinski definition) is 2. The van der Waals surface area contributed by atoms with Crippen LogP contribution in [0.5, 0.6) is 0 Å². The Kier molecular flexibility index (Phi) is 5.29.